The van der Waals surface area contributed by atoms with E-state index in [-0.39, 0.29) is 39.6 Å². The van der Waals surface area contributed by atoms with Gasteiger partial charge in [0.15, 0.2) is 0 Å². The Balaban J connectivity index is 1.05. The van der Waals surface area contributed by atoms with Crippen molar-refractivity contribution in [2.45, 2.75) is 0 Å². The summed E-state index contributed by atoms with van der Waals surface area (Å²) in [7, 11) is 0. The summed E-state index contributed by atoms with van der Waals surface area (Å²) in [5.74, 6) is 0. The Labute approximate surface area is 404 Å². The maximum Gasteiger partial charge on any atom is 0.0972 e. The van der Waals surface area contributed by atoms with E-state index in [0.717, 1.165) is 43.8 Å². The van der Waals surface area contributed by atoms with Crippen molar-refractivity contribution in [2.75, 3.05) is 0 Å². The molecule has 0 aliphatic rings. The van der Waals surface area contributed by atoms with Crippen LogP contribution in [0, 0.1) is 0 Å². The highest BCUT2D eigenvalue weighted by atomic mass is 32.1. The van der Waals surface area contributed by atoms with E-state index in [0.29, 0.717) is 11.1 Å². The topological polar surface area (TPSA) is 25.8 Å². The predicted molar refractivity (Wildman–Crippen MR) is 288 cm³/mol. The number of nitrogens with zero attached hydrogens (tertiary/aromatic N) is 2. The number of aromatic nitrogens is 2. The average molecular weight is 878 g/mol. The average Bonchev–Trinajstić information content (AvgIpc) is 3.84. The third-order valence-electron chi connectivity index (χ3n) is 12.6. The lowest BCUT2D eigenvalue weighted by Crippen LogP contribution is -1.95. The minimum Gasteiger partial charge on any atom is -0.254 e. The van der Waals surface area contributed by atoms with E-state index in [2.05, 4.69) is 182 Å². The smallest absolute Gasteiger partial charge is 0.0972 e. The highest BCUT2D eigenvalue weighted by Gasteiger charge is 2.27. The quantitative estimate of drug-likeness (QED) is 0.107. The minimum absolute atomic E-state index is 0.0152. The van der Waals surface area contributed by atoms with Crippen LogP contribution in [0.5, 0.6) is 0 Å². The summed E-state index contributed by atoms with van der Waals surface area (Å²) in [6.45, 7) is 8.40. The molecule has 12 rings (SSSR count). The highest BCUT2D eigenvalue weighted by Crippen LogP contribution is 2.55. The number of hydrogen-bond donors (Lipinski definition) is 0. The van der Waals surface area contributed by atoms with Crippen molar-refractivity contribution in [1.29, 1.82) is 0 Å². The Kier molecular flexibility index (Phi) is 8.29. The lowest BCUT2D eigenvalue weighted by atomic mass is 9.85. The van der Waals surface area contributed by atoms with E-state index in [1.165, 1.54) is 48.7 Å². The first-order valence-electron chi connectivity index (χ1n) is 25.6. The van der Waals surface area contributed by atoms with Gasteiger partial charge < -0.3 is 0 Å². The summed E-state index contributed by atoms with van der Waals surface area (Å²) in [6.07, 6.45) is 2.95. The molecular weight excluding hydrogens is 829 g/mol. The van der Waals surface area contributed by atoms with Crippen LogP contribution in [0.15, 0.2) is 232 Å². The summed E-state index contributed by atoms with van der Waals surface area (Å²) < 4.78 is 60.8. The van der Waals surface area contributed by atoms with E-state index in [1.54, 1.807) is 12.2 Å². The molecule has 314 valence electrons. The number of thiophene rings is 1. The molecule has 0 N–H and O–H groups in total. The Bertz CT molecular complexity index is 4230. The molecule has 67 heavy (non-hydrogen) atoms. The molecule has 0 atom stereocenters. The summed E-state index contributed by atoms with van der Waals surface area (Å²) in [5, 5.41) is 4.56. The van der Waals surface area contributed by atoms with Crippen LogP contribution in [0.2, 0.25) is 0 Å². The van der Waals surface area contributed by atoms with E-state index in [9.17, 15) is 1.37 Å². The normalized spacial score (nSPS) is 12.9. The number of pyridine rings is 2. The standard InChI is InChI=1S/C64H42N2S/c1-3-48-49(4-2)51(56-39-36-46-33-32-45-25-18-40-65-61(45)62(46)66-56)38-37-50(48)41-30-34-47(35-31-41)63-58(43-21-10-6-11-22-43)59(44-23-12-7-13-24-44)64(67-63)60-54-28-16-14-26-52(54)57(42-19-8-5-9-20-42)53-27-15-17-29-55(53)60/h3-40H,1-2H2/i18D,25D,32D,33D,36D,39D,40D. The molecule has 0 saturated carbocycles. The monoisotopic (exact) mass is 877 g/mol. The predicted octanol–water partition coefficient (Wildman–Crippen LogP) is 18.1. The van der Waals surface area contributed by atoms with Gasteiger partial charge >= 0.3 is 0 Å². The van der Waals surface area contributed by atoms with Crippen LogP contribution in [0.1, 0.15) is 20.7 Å². The molecule has 3 aromatic heterocycles. The molecule has 12 aromatic rings. The van der Waals surface area contributed by atoms with Gasteiger partial charge in [0, 0.05) is 49.0 Å². The van der Waals surface area contributed by atoms with E-state index in [1.807, 2.05) is 23.5 Å². The van der Waals surface area contributed by atoms with Crippen molar-refractivity contribution in [1.82, 2.24) is 9.97 Å². The van der Waals surface area contributed by atoms with Crippen LogP contribution < -0.4 is 0 Å². The highest BCUT2D eigenvalue weighted by molar-refractivity contribution is 7.20. The first-order chi connectivity index (χ1) is 36.1. The molecule has 3 heteroatoms. The Morgan fingerprint density at radius 1 is 0.403 bits per heavy atom. The van der Waals surface area contributed by atoms with Gasteiger partial charge in [0.2, 0.25) is 0 Å². The zero-order valence-electron chi connectivity index (χ0n) is 43.1. The van der Waals surface area contributed by atoms with Gasteiger partial charge in [-0.25, -0.2) is 4.98 Å². The molecule has 0 spiro atoms. The third kappa shape index (κ3) is 6.79. The first kappa shape index (κ1) is 33.0. The van der Waals surface area contributed by atoms with Gasteiger partial charge in [-0.1, -0.05) is 225 Å². The number of benzene rings is 9. The molecule has 9 aromatic carbocycles. The molecule has 0 saturated heterocycles. The van der Waals surface area contributed by atoms with Gasteiger partial charge in [-0.2, -0.15) is 0 Å². The zero-order chi connectivity index (χ0) is 50.9. The lowest BCUT2D eigenvalue weighted by Gasteiger charge is -2.18. The SMILES string of the molecule is [2H]c1nc2c(c([2H])c1[2H])c([2H])c([2H])c1c([2H])c([2H])c(-c3ccc(-c4ccc(-c5sc(-c6c7ccccc7c(-c7ccccc7)c7ccccc67)c(-c6ccccc6)c5-c5ccccc5)cc4)c(C=C)c3C=C)nc12. The van der Waals surface area contributed by atoms with Gasteiger partial charge in [0.1, 0.15) is 0 Å². The molecule has 0 radical (unpaired) electrons. The number of fused-ring (bicyclic) bond motifs is 5. The number of rotatable bonds is 9. The maximum atomic E-state index is 9.18. The van der Waals surface area contributed by atoms with Crippen LogP contribution >= 0.6 is 11.3 Å². The Morgan fingerprint density at radius 3 is 1.45 bits per heavy atom. The molecule has 0 aliphatic carbocycles. The van der Waals surface area contributed by atoms with Crippen molar-refractivity contribution in [2.24, 2.45) is 0 Å². The van der Waals surface area contributed by atoms with Crippen LogP contribution in [0.4, 0.5) is 0 Å². The van der Waals surface area contributed by atoms with Gasteiger partial charge in [-0.05, 0) is 83.7 Å². The second-order valence-electron chi connectivity index (χ2n) is 16.3. The third-order valence-corrected chi connectivity index (χ3v) is 13.9. The second-order valence-corrected chi connectivity index (χ2v) is 17.3. The van der Waals surface area contributed by atoms with E-state index < -0.39 is 30.3 Å². The molecule has 3 heterocycles. The fraction of sp³-hybridized carbons (Fsp3) is 0. The van der Waals surface area contributed by atoms with E-state index >= 15 is 0 Å². The lowest BCUT2D eigenvalue weighted by molar-refractivity contribution is 1.36. The minimum atomic E-state index is -0.481. The van der Waals surface area contributed by atoms with Crippen molar-refractivity contribution >= 4 is 66.8 Å². The molecule has 0 fully saturated rings. The zero-order valence-corrected chi connectivity index (χ0v) is 36.9. The molecular formula is C64H42N2S. The fourth-order valence-corrected chi connectivity index (χ4v) is 11.1. The van der Waals surface area contributed by atoms with Gasteiger partial charge in [-0.15, -0.1) is 11.3 Å². The maximum absolute atomic E-state index is 9.18. The van der Waals surface area contributed by atoms with Gasteiger partial charge in [0.05, 0.1) is 26.3 Å². The first-order valence-corrected chi connectivity index (χ1v) is 22.9. The fourth-order valence-electron chi connectivity index (χ4n) is 9.64. The second kappa shape index (κ2) is 16.8. The van der Waals surface area contributed by atoms with Crippen molar-refractivity contribution in [3.63, 3.8) is 0 Å². The van der Waals surface area contributed by atoms with Gasteiger partial charge in [-0.3, -0.25) is 4.98 Å². The van der Waals surface area contributed by atoms with Crippen molar-refractivity contribution in [3.05, 3.63) is 243 Å². The molecule has 2 nitrogen and oxygen atoms in total. The molecule has 0 aliphatic heterocycles. The summed E-state index contributed by atoms with van der Waals surface area (Å²) in [4.78, 5) is 11.4. The van der Waals surface area contributed by atoms with Crippen LogP contribution in [0.25, 0.3) is 132 Å². The summed E-state index contributed by atoms with van der Waals surface area (Å²) >= 11 is 1.81. The van der Waals surface area contributed by atoms with Crippen LogP contribution in [-0.4, -0.2) is 9.97 Å². The van der Waals surface area contributed by atoms with Crippen molar-refractivity contribution in [3.8, 4) is 76.6 Å². The summed E-state index contributed by atoms with van der Waals surface area (Å²) in [6, 6.07) is 59.7. The Hall–Kier alpha value is -8.50. The van der Waals surface area contributed by atoms with E-state index in [4.69, 9.17) is 13.2 Å². The molecule has 0 amide bonds. The number of hydrogen-bond acceptors (Lipinski definition) is 3. The van der Waals surface area contributed by atoms with Crippen LogP contribution in [0.3, 0.4) is 0 Å². The Morgan fingerprint density at radius 2 is 0.866 bits per heavy atom. The van der Waals surface area contributed by atoms with Gasteiger partial charge in [0.25, 0.3) is 0 Å². The molecule has 0 bridgehead atoms. The largest absolute Gasteiger partial charge is 0.254 e. The summed E-state index contributed by atoms with van der Waals surface area (Å²) in [5.41, 5.74) is 12.9. The van der Waals surface area contributed by atoms with Crippen molar-refractivity contribution < 1.29 is 9.60 Å². The van der Waals surface area contributed by atoms with Crippen LogP contribution in [-0.2, 0) is 0 Å². The molecule has 0 unspecified atom stereocenters.